The number of benzene rings is 1. The molecule has 1 aromatic rings. The third-order valence-electron chi connectivity index (χ3n) is 4.87. The average molecular weight is 420 g/mol. The number of nitrogens with zero attached hydrogens (tertiary/aromatic N) is 2. The average Bonchev–Trinajstić information content (AvgIpc) is 2.73. The zero-order valence-corrected chi connectivity index (χ0v) is 16.6. The van der Waals surface area contributed by atoms with Gasteiger partial charge in [0.1, 0.15) is 0 Å². The van der Waals surface area contributed by atoms with Crippen LogP contribution >= 0.6 is 0 Å². The summed E-state index contributed by atoms with van der Waals surface area (Å²) in [6.07, 6.45) is -3.00. The van der Waals surface area contributed by atoms with Gasteiger partial charge in [0, 0.05) is 32.2 Å². The summed E-state index contributed by atoms with van der Waals surface area (Å²) >= 11 is 0. The quantitative estimate of drug-likeness (QED) is 0.630. The van der Waals surface area contributed by atoms with E-state index >= 15 is 0 Å². The van der Waals surface area contributed by atoms with Gasteiger partial charge in [0.15, 0.2) is 6.10 Å². The molecule has 162 valence electrons. The number of carboxylic acid groups (broad SMARTS) is 1. The van der Waals surface area contributed by atoms with E-state index in [1.807, 2.05) is 0 Å². The Morgan fingerprint density at radius 1 is 1.20 bits per heavy atom. The summed E-state index contributed by atoms with van der Waals surface area (Å²) < 4.78 is 15.4. The topological polar surface area (TPSA) is 123 Å². The smallest absolute Gasteiger partial charge is 0.348 e. The van der Waals surface area contributed by atoms with Crippen molar-refractivity contribution in [2.75, 3.05) is 44.4 Å². The predicted molar refractivity (Wildman–Crippen MR) is 103 cm³/mol. The molecule has 2 heterocycles. The number of amides is 2. The molecule has 30 heavy (non-hydrogen) atoms. The molecule has 10 heteroatoms. The Morgan fingerprint density at radius 2 is 1.93 bits per heavy atom. The minimum absolute atomic E-state index is 0.0255. The lowest BCUT2D eigenvalue weighted by molar-refractivity contribution is -0.177. The van der Waals surface area contributed by atoms with Crippen molar-refractivity contribution in [2.24, 2.45) is 0 Å². The standard InChI is InChI=1S/C20H24N2O8/c1-13(23)30-18(20(26)27)17-19(25)22(7-10-29-17)15-4-2-3-14(11-15)12-16(24)21-5-8-28-9-6-21/h2-4,11,17-18H,5-10,12H2,1H3,(H,26,27)/t17-,18-/m1/s1. The molecule has 3 rings (SSSR count). The second-order valence-electron chi connectivity index (χ2n) is 6.99. The largest absolute Gasteiger partial charge is 0.478 e. The van der Waals surface area contributed by atoms with E-state index in [1.54, 1.807) is 29.2 Å². The fraction of sp³-hybridized carbons (Fsp3) is 0.500. The van der Waals surface area contributed by atoms with Gasteiger partial charge in [0.25, 0.3) is 5.91 Å². The van der Waals surface area contributed by atoms with Crippen LogP contribution < -0.4 is 4.90 Å². The second-order valence-corrected chi connectivity index (χ2v) is 6.99. The number of carbonyl (C=O) groups excluding carboxylic acids is 3. The maximum absolute atomic E-state index is 12.9. The molecule has 0 aliphatic carbocycles. The van der Waals surface area contributed by atoms with E-state index in [9.17, 15) is 24.3 Å². The highest BCUT2D eigenvalue weighted by Gasteiger charge is 2.42. The van der Waals surface area contributed by atoms with Crippen LogP contribution in [0.4, 0.5) is 5.69 Å². The summed E-state index contributed by atoms with van der Waals surface area (Å²) in [5.74, 6) is -2.93. The minimum atomic E-state index is -1.73. The SMILES string of the molecule is CC(=O)O[C@@H](C(=O)O)[C@H]1OCCN(c2cccc(CC(=O)N3CCOCC3)c2)C1=O. The van der Waals surface area contributed by atoms with Crippen molar-refractivity contribution in [3.8, 4) is 0 Å². The third-order valence-corrected chi connectivity index (χ3v) is 4.87. The highest BCUT2D eigenvalue weighted by atomic mass is 16.6. The van der Waals surface area contributed by atoms with Crippen molar-refractivity contribution in [1.29, 1.82) is 0 Å². The Balaban J connectivity index is 1.74. The van der Waals surface area contributed by atoms with Crippen molar-refractivity contribution >= 4 is 29.4 Å². The summed E-state index contributed by atoms with van der Waals surface area (Å²) in [6.45, 7) is 3.49. The van der Waals surface area contributed by atoms with E-state index in [4.69, 9.17) is 14.2 Å². The first-order chi connectivity index (χ1) is 14.4. The summed E-state index contributed by atoms with van der Waals surface area (Å²) in [6, 6.07) is 6.95. The first-order valence-corrected chi connectivity index (χ1v) is 9.64. The van der Waals surface area contributed by atoms with Gasteiger partial charge >= 0.3 is 11.9 Å². The predicted octanol–water partition coefficient (Wildman–Crippen LogP) is -0.164. The number of morpholine rings is 2. The number of esters is 1. The number of rotatable bonds is 6. The first-order valence-electron chi connectivity index (χ1n) is 9.64. The van der Waals surface area contributed by atoms with Crippen LogP contribution in [-0.2, 0) is 39.8 Å². The molecular formula is C20H24N2O8. The van der Waals surface area contributed by atoms with Crippen LogP contribution in [0.1, 0.15) is 12.5 Å². The molecule has 0 spiro atoms. The maximum Gasteiger partial charge on any atom is 0.348 e. The number of carboxylic acids is 1. The van der Waals surface area contributed by atoms with Crippen molar-refractivity contribution in [3.63, 3.8) is 0 Å². The van der Waals surface area contributed by atoms with E-state index < -0.39 is 30.1 Å². The minimum Gasteiger partial charge on any atom is -0.478 e. The zero-order valence-electron chi connectivity index (χ0n) is 16.6. The van der Waals surface area contributed by atoms with Crippen LogP contribution in [0.15, 0.2) is 24.3 Å². The number of hydrogen-bond donors (Lipinski definition) is 1. The normalized spacial score (nSPS) is 20.6. The van der Waals surface area contributed by atoms with Crippen molar-refractivity contribution in [1.82, 2.24) is 4.90 Å². The van der Waals surface area contributed by atoms with E-state index in [0.717, 1.165) is 12.5 Å². The molecule has 2 saturated heterocycles. The van der Waals surface area contributed by atoms with Crippen LogP contribution in [0.25, 0.3) is 0 Å². The molecule has 0 aromatic heterocycles. The summed E-state index contributed by atoms with van der Waals surface area (Å²) in [5, 5.41) is 9.34. The molecule has 0 unspecified atom stereocenters. The number of hydrogen-bond acceptors (Lipinski definition) is 7. The van der Waals surface area contributed by atoms with Gasteiger partial charge in [0.05, 0.1) is 26.2 Å². The van der Waals surface area contributed by atoms with Crippen molar-refractivity contribution < 1.29 is 38.5 Å². The monoisotopic (exact) mass is 420 g/mol. The van der Waals surface area contributed by atoms with Gasteiger partial charge in [-0.15, -0.1) is 0 Å². The molecule has 0 saturated carbocycles. The van der Waals surface area contributed by atoms with Gasteiger partial charge in [-0.25, -0.2) is 4.79 Å². The van der Waals surface area contributed by atoms with Crippen LogP contribution in [0.2, 0.25) is 0 Å². The van der Waals surface area contributed by atoms with Gasteiger partial charge < -0.3 is 29.1 Å². The molecule has 2 fully saturated rings. The lowest BCUT2D eigenvalue weighted by Crippen LogP contribution is -2.55. The second kappa shape index (κ2) is 9.68. The Labute approximate surface area is 173 Å². The van der Waals surface area contributed by atoms with E-state index in [-0.39, 0.29) is 25.5 Å². The summed E-state index contributed by atoms with van der Waals surface area (Å²) in [4.78, 5) is 51.2. The van der Waals surface area contributed by atoms with Gasteiger partial charge in [-0.3, -0.25) is 14.4 Å². The van der Waals surface area contributed by atoms with Crippen molar-refractivity contribution in [2.45, 2.75) is 25.6 Å². The van der Waals surface area contributed by atoms with Gasteiger partial charge in [-0.05, 0) is 17.7 Å². The highest BCUT2D eigenvalue weighted by Crippen LogP contribution is 2.23. The lowest BCUT2D eigenvalue weighted by Gasteiger charge is -2.34. The number of anilines is 1. The molecule has 10 nitrogen and oxygen atoms in total. The third kappa shape index (κ3) is 5.14. The van der Waals surface area contributed by atoms with Crippen molar-refractivity contribution in [3.05, 3.63) is 29.8 Å². The Morgan fingerprint density at radius 3 is 2.60 bits per heavy atom. The fourth-order valence-electron chi connectivity index (χ4n) is 3.43. The zero-order chi connectivity index (χ0) is 21.7. The van der Waals surface area contributed by atoms with Crippen LogP contribution in [0.5, 0.6) is 0 Å². The van der Waals surface area contributed by atoms with E-state index in [2.05, 4.69) is 0 Å². The van der Waals surface area contributed by atoms with Gasteiger partial charge in [-0.2, -0.15) is 0 Å². The molecule has 1 N–H and O–H groups in total. The molecule has 2 atom stereocenters. The molecule has 1 aromatic carbocycles. The molecule has 2 aliphatic rings. The summed E-state index contributed by atoms with van der Waals surface area (Å²) in [5.41, 5.74) is 1.25. The first kappa shape index (κ1) is 21.7. The van der Waals surface area contributed by atoms with E-state index in [1.165, 1.54) is 4.90 Å². The van der Waals surface area contributed by atoms with Gasteiger partial charge in [0.2, 0.25) is 12.0 Å². The van der Waals surface area contributed by atoms with Crippen LogP contribution in [0, 0.1) is 0 Å². The molecule has 0 radical (unpaired) electrons. The Bertz CT molecular complexity index is 821. The van der Waals surface area contributed by atoms with Gasteiger partial charge in [-0.1, -0.05) is 12.1 Å². The number of carbonyl (C=O) groups is 4. The lowest BCUT2D eigenvalue weighted by atomic mass is 10.1. The summed E-state index contributed by atoms with van der Waals surface area (Å²) in [7, 11) is 0. The number of ether oxygens (including phenoxy) is 3. The molecule has 0 bridgehead atoms. The van der Waals surface area contributed by atoms with E-state index in [0.29, 0.717) is 32.0 Å². The fourth-order valence-corrected chi connectivity index (χ4v) is 3.43. The molecule has 2 amide bonds. The van der Waals surface area contributed by atoms with Crippen LogP contribution in [-0.4, -0.2) is 85.4 Å². The Hall–Kier alpha value is -2.98. The Kier molecular flexibility index (Phi) is 7.01. The number of aliphatic carboxylic acids is 1. The highest BCUT2D eigenvalue weighted by molar-refractivity contribution is 6.00. The molecular weight excluding hydrogens is 396 g/mol. The van der Waals surface area contributed by atoms with Crippen LogP contribution in [0.3, 0.4) is 0 Å². The maximum atomic E-state index is 12.9. The molecule has 2 aliphatic heterocycles.